The van der Waals surface area contributed by atoms with Crippen molar-refractivity contribution in [2.75, 3.05) is 13.2 Å². The number of ether oxygens (including phenoxy) is 2. The summed E-state index contributed by atoms with van der Waals surface area (Å²) in [4.78, 5) is 26.6. The van der Waals surface area contributed by atoms with Crippen LogP contribution in [0.3, 0.4) is 0 Å². The maximum Gasteiger partial charge on any atom is 0.587 e. The van der Waals surface area contributed by atoms with Crippen LogP contribution in [0, 0.1) is 11.3 Å². The molecule has 55 heavy (non-hydrogen) atoms. The third kappa shape index (κ3) is 13.1. The summed E-state index contributed by atoms with van der Waals surface area (Å²) in [5.74, 6) is -0.215. The van der Waals surface area contributed by atoms with Crippen molar-refractivity contribution in [1.82, 2.24) is 5.06 Å². The lowest BCUT2D eigenvalue weighted by Crippen LogP contribution is -2.60. The van der Waals surface area contributed by atoms with E-state index in [2.05, 4.69) is 24.3 Å². The van der Waals surface area contributed by atoms with E-state index in [-0.39, 0.29) is 43.1 Å². The van der Waals surface area contributed by atoms with Gasteiger partial charge in [-0.2, -0.15) is 0 Å². The summed E-state index contributed by atoms with van der Waals surface area (Å²) in [6, 6.07) is 27.3. The highest BCUT2D eigenvalue weighted by Gasteiger charge is 2.47. The second-order valence-corrected chi connectivity index (χ2v) is 17.5. The lowest BCUT2D eigenvalue weighted by Gasteiger charge is -2.49. The molecular weight excluding hydrogens is 717 g/mol. The average molecular weight is 777 g/mol. The summed E-state index contributed by atoms with van der Waals surface area (Å²) >= 11 is 0. The highest BCUT2D eigenvalue weighted by Crippen LogP contribution is 2.49. The fourth-order valence-corrected chi connectivity index (χ4v) is 8.31. The van der Waals surface area contributed by atoms with Crippen molar-refractivity contribution in [3.05, 3.63) is 109 Å². The van der Waals surface area contributed by atoms with Gasteiger partial charge in [0.15, 0.2) is 0 Å². The molecule has 3 atom stereocenters. The predicted octanol–water partition coefficient (Wildman–Crippen LogP) is 10.7. The van der Waals surface area contributed by atoms with Crippen LogP contribution < -0.4 is 9.05 Å². The van der Waals surface area contributed by atoms with Crippen LogP contribution in [0.5, 0.6) is 11.5 Å². The summed E-state index contributed by atoms with van der Waals surface area (Å²) < 4.78 is 42.2. The van der Waals surface area contributed by atoms with Crippen LogP contribution in [0.1, 0.15) is 105 Å². The summed E-state index contributed by atoms with van der Waals surface area (Å²) in [6.45, 7) is 13.0. The molecule has 3 aromatic rings. The first kappa shape index (κ1) is 43.8. The molecule has 0 saturated carbocycles. The van der Waals surface area contributed by atoms with Gasteiger partial charge in [0.25, 0.3) is 0 Å². The first-order valence-corrected chi connectivity index (χ1v) is 20.8. The number of rotatable bonds is 20. The second-order valence-electron chi connectivity index (χ2n) is 16.0. The Hall–Kier alpha value is -3.95. The summed E-state index contributed by atoms with van der Waals surface area (Å²) in [7, 11) is -4.12. The molecule has 10 nitrogen and oxygen atoms in total. The molecule has 299 valence electrons. The lowest BCUT2D eigenvalue weighted by atomic mass is 9.75. The fraction of sp³-hybridized carbons (Fsp3) is 0.500. The number of esters is 2. The Bertz CT molecular complexity index is 1650. The minimum atomic E-state index is -4.12. The first-order valence-electron chi connectivity index (χ1n) is 19.3. The van der Waals surface area contributed by atoms with Gasteiger partial charge in [-0.15, -0.1) is 10.3 Å². The van der Waals surface area contributed by atoms with Crippen molar-refractivity contribution in [2.45, 2.75) is 117 Å². The van der Waals surface area contributed by atoms with Gasteiger partial charge in [-0.1, -0.05) is 92.7 Å². The van der Waals surface area contributed by atoms with E-state index in [0.29, 0.717) is 56.4 Å². The van der Waals surface area contributed by atoms with Crippen molar-refractivity contribution in [3.63, 3.8) is 0 Å². The normalized spacial score (nSPS) is 18.2. The van der Waals surface area contributed by atoms with Gasteiger partial charge in [0.2, 0.25) is 0 Å². The molecule has 0 amide bonds. The maximum atomic E-state index is 13.7. The number of carbonyl (C=O) groups is 2. The summed E-state index contributed by atoms with van der Waals surface area (Å²) in [5, 5.41) is 13.8. The number of benzene rings is 3. The number of hydroxylamine groups is 2. The van der Waals surface area contributed by atoms with E-state index in [1.807, 2.05) is 78.8 Å². The van der Waals surface area contributed by atoms with Crippen molar-refractivity contribution in [3.8, 4) is 11.5 Å². The van der Waals surface area contributed by atoms with Gasteiger partial charge in [0.1, 0.15) is 24.2 Å². The molecule has 1 saturated heterocycles. The number of hydrogen-bond donors (Lipinski definition) is 0. The molecule has 0 aliphatic carbocycles. The zero-order valence-electron chi connectivity index (χ0n) is 33.5. The lowest BCUT2D eigenvalue weighted by molar-refractivity contribution is -0.299. The number of allylic oxidation sites excluding steroid dienone is 2. The van der Waals surface area contributed by atoms with Gasteiger partial charge in [-0.05, 0) is 102 Å². The van der Waals surface area contributed by atoms with E-state index in [1.165, 1.54) is 0 Å². The van der Waals surface area contributed by atoms with E-state index in [9.17, 15) is 19.4 Å². The van der Waals surface area contributed by atoms with Crippen LogP contribution in [0.25, 0.3) is 0 Å². The van der Waals surface area contributed by atoms with E-state index in [1.54, 1.807) is 48.5 Å². The molecule has 3 aromatic carbocycles. The molecule has 11 heteroatoms. The fourth-order valence-electron chi connectivity index (χ4n) is 7.11. The number of hydrogen-bond acceptors (Lipinski definition) is 9. The highest BCUT2D eigenvalue weighted by molar-refractivity contribution is 7.49. The molecule has 0 bridgehead atoms. The van der Waals surface area contributed by atoms with Crippen molar-refractivity contribution in [1.29, 1.82) is 0 Å². The number of phosphoric ester groups is 1. The first-order chi connectivity index (χ1) is 26.1. The smallest absolute Gasteiger partial charge is 0.463 e. The van der Waals surface area contributed by atoms with E-state index >= 15 is 0 Å². The average Bonchev–Trinajstić information content (AvgIpc) is 3.15. The van der Waals surface area contributed by atoms with Gasteiger partial charge in [0, 0.05) is 23.9 Å². The molecule has 1 fully saturated rings. The third-order valence-corrected chi connectivity index (χ3v) is 11.7. The Labute approximate surface area is 327 Å². The van der Waals surface area contributed by atoms with Gasteiger partial charge in [-0.25, -0.2) is 4.57 Å². The zero-order valence-corrected chi connectivity index (χ0v) is 34.4. The molecule has 0 aromatic heterocycles. The van der Waals surface area contributed by atoms with Crippen molar-refractivity contribution >= 4 is 19.8 Å². The van der Waals surface area contributed by atoms with E-state index in [4.69, 9.17) is 23.0 Å². The van der Waals surface area contributed by atoms with Crippen LogP contribution in [0.4, 0.5) is 0 Å². The topological polar surface area (TPSA) is 120 Å². The Balaban J connectivity index is 1.30. The Kier molecular flexibility index (Phi) is 15.7. The SMILES string of the molecule is CCC(C)(CC(C/C=C/CCC(C)C(=O)OC1CC(C)(C)N([O])C(C)(C)C1)c1ccccc1)C(=O)OCCOP(=O)(Oc1ccccc1)Oc1ccccc1. The van der Waals surface area contributed by atoms with Crippen molar-refractivity contribution < 1.29 is 42.4 Å². The zero-order chi connectivity index (χ0) is 40.1. The van der Waals surface area contributed by atoms with Gasteiger partial charge >= 0.3 is 19.8 Å². The summed E-state index contributed by atoms with van der Waals surface area (Å²) in [6.07, 6.45) is 8.07. The molecule has 1 radical (unpaired) electrons. The van der Waals surface area contributed by atoms with Gasteiger partial charge < -0.3 is 18.5 Å². The highest BCUT2D eigenvalue weighted by atomic mass is 31.2. The quantitative estimate of drug-likeness (QED) is 0.0478. The van der Waals surface area contributed by atoms with Gasteiger partial charge in [0.05, 0.1) is 17.9 Å². The standard InChI is InChI=1S/C44H59NO9P/c1-8-44(7,41(47)50-29-30-51-55(49,53-37-25-17-11-18-26-37)54-38-27-19-12-20-28-38)31-36(35-22-14-10-15-23-35)24-16-9-13-21-34(2)40(46)52-39-32-42(3,4)45(48)43(5,6)33-39/h9-12,14-20,22-23,25-28,34,36,39H,8,13,21,24,29-33H2,1-7H3/b16-9+. The molecular formula is C44H59NO9P. The Morgan fingerprint density at radius 1 is 0.855 bits per heavy atom. The maximum absolute atomic E-state index is 13.7. The number of phosphoric acid groups is 1. The number of para-hydroxylation sites is 2. The minimum Gasteiger partial charge on any atom is -0.463 e. The van der Waals surface area contributed by atoms with E-state index < -0.39 is 24.3 Å². The van der Waals surface area contributed by atoms with Crippen LogP contribution >= 0.6 is 7.82 Å². The minimum absolute atomic E-state index is 0.0333. The second kappa shape index (κ2) is 19.8. The third-order valence-electron chi connectivity index (χ3n) is 10.3. The molecule has 1 heterocycles. The Morgan fingerprint density at radius 3 is 1.91 bits per heavy atom. The number of piperidine rings is 1. The Morgan fingerprint density at radius 2 is 1.38 bits per heavy atom. The molecule has 3 unspecified atom stereocenters. The largest absolute Gasteiger partial charge is 0.587 e. The van der Waals surface area contributed by atoms with Gasteiger partial charge in [-0.3, -0.25) is 14.1 Å². The monoisotopic (exact) mass is 776 g/mol. The summed E-state index contributed by atoms with van der Waals surface area (Å²) in [5.41, 5.74) is -0.890. The molecule has 1 aliphatic rings. The van der Waals surface area contributed by atoms with Crippen LogP contribution in [-0.2, 0) is 33.4 Å². The van der Waals surface area contributed by atoms with E-state index in [0.717, 1.165) is 10.6 Å². The molecule has 4 rings (SSSR count). The molecule has 0 spiro atoms. The molecule has 1 aliphatic heterocycles. The van der Waals surface area contributed by atoms with Crippen LogP contribution in [0.15, 0.2) is 103 Å². The van der Waals surface area contributed by atoms with Crippen LogP contribution in [-0.4, -0.2) is 47.4 Å². The predicted molar refractivity (Wildman–Crippen MR) is 213 cm³/mol. The van der Waals surface area contributed by atoms with Crippen molar-refractivity contribution in [2.24, 2.45) is 11.3 Å². The molecule has 0 N–H and O–H groups in total. The van der Waals surface area contributed by atoms with Crippen LogP contribution in [0.2, 0.25) is 0 Å². The number of nitrogens with zero attached hydrogens (tertiary/aromatic N) is 1. The number of carbonyl (C=O) groups excluding carboxylic acids is 2.